The first-order chi connectivity index (χ1) is 13.9. The molecule has 2 aliphatic rings. The topological polar surface area (TPSA) is 43.9 Å². The third-order valence-electron chi connectivity index (χ3n) is 5.37. The fourth-order valence-electron chi connectivity index (χ4n) is 3.72. The summed E-state index contributed by atoms with van der Waals surface area (Å²) >= 11 is 11.4. The predicted octanol–water partition coefficient (Wildman–Crippen LogP) is 3.50. The molecule has 0 saturated carbocycles. The van der Waals surface area contributed by atoms with Gasteiger partial charge in [-0.1, -0.05) is 35.9 Å². The van der Waals surface area contributed by atoms with Gasteiger partial charge in [0.05, 0.1) is 0 Å². The van der Waals surface area contributed by atoms with Crippen LogP contribution in [0.25, 0.3) is 6.08 Å². The number of likely N-dealkylation sites (N-methyl/N-ethyl adjacent to an activating group) is 2. The number of fused-ring (bicyclic) bond motifs is 1. The molecule has 5 nitrogen and oxygen atoms in total. The Morgan fingerprint density at radius 3 is 2.45 bits per heavy atom. The van der Waals surface area contributed by atoms with Crippen LogP contribution in [0.2, 0.25) is 5.02 Å². The second-order valence-corrected chi connectivity index (χ2v) is 7.99. The highest BCUT2D eigenvalue weighted by atomic mass is 35.5. The highest BCUT2D eigenvalue weighted by molar-refractivity contribution is 7.80. The maximum Gasteiger partial charge on any atom is 0.265 e. The van der Waals surface area contributed by atoms with Gasteiger partial charge in [0.25, 0.3) is 11.8 Å². The Kier molecular flexibility index (Phi) is 5.15. The first-order valence-electron chi connectivity index (χ1n) is 9.30. The van der Waals surface area contributed by atoms with E-state index >= 15 is 0 Å². The summed E-state index contributed by atoms with van der Waals surface area (Å²) in [6.45, 7) is 1.65. The minimum Gasteiger partial charge on any atom is -0.367 e. The molecular weight excluding hydrogens is 406 g/mol. The summed E-state index contributed by atoms with van der Waals surface area (Å²) in [5.41, 5.74) is 4.39. The van der Waals surface area contributed by atoms with E-state index < -0.39 is 0 Å². The number of nitrogens with zero attached hydrogens (tertiary/aromatic N) is 3. The molecule has 2 aromatic rings. The van der Waals surface area contributed by atoms with Crippen molar-refractivity contribution in [3.8, 4) is 0 Å². The number of amides is 2. The van der Waals surface area contributed by atoms with Crippen LogP contribution in [-0.4, -0.2) is 47.4 Å². The molecule has 1 saturated heterocycles. The second-order valence-electron chi connectivity index (χ2n) is 7.22. The van der Waals surface area contributed by atoms with E-state index in [9.17, 15) is 9.59 Å². The summed E-state index contributed by atoms with van der Waals surface area (Å²) < 4.78 is 0. The molecule has 0 N–H and O–H groups in total. The third-order valence-corrected chi connectivity index (χ3v) is 6.29. The van der Waals surface area contributed by atoms with Crippen molar-refractivity contribution < 1.29 is 9.59 Å². The van der Waals surface area contributed by atoms with Gasteiger partial charge in [0, 0.05) is 37.9 Å². The van der Waals surface area contributed by atoms with Gasteiger partial charge < -0.3 is 4.90 Å². The molecule has 148 valence electrons. The molecule has 0 aliphatic carbocycles. The van der Waals surface area contributed by atoms with E-state index in [1.54, 1.807) is 20.2 Å². The molecule has 1 fully saturated rings. The molecule has 0 spiro atoms. The van der Waals surface area contributed by atoms with Crippen LogP contribution in [0.4, 0.5) is 5.69 Å². The van der Waals surface area contributed by atoms with Crippen LogP contribution in [0, 0.1) is 0 Å². The van der Waals surface area contributed by atoms with Gasteiger partial charge in [0.2, 0.25) is 0 Å². The number of benzene rings is 2. The van der Waals surface area contributed by atoms with Crippen molar-refractivity contribution in [3.63, 3.8) is 0 Å². The molecule has 2 amide bonds. The highest BCUT2D eigenvalue weighted by Gasteiger charge is 2.35. The Labute approximate surface area is 180 Å². The molecule has 0 bridgehead atoms. The number of carbonyl (C=O) groups excluding carboxylic acids is 2. The van der Waals surface area contributed by atoms with Crippen LogP contribution in [0.3, 0.4) is 0 Å². The molecule has 0 atom stereocenters. The maximum absolute atomic E-state index is 12.5. The number of halogens is 1. The fraction of sp³-hybridized carbons (Fsp3) is 0.227. The van der Waals surface area contributed by atoms with Gasteiger partial charge in [-0.15, -0.1) is 0 Å². The average molecular weight is 426 g/mol. The fourth-order valence-corrected chi connectivity index (χ4v) is 4.08. The average Bonchev–Trinajstić information content (AvgIpc) is 3.12. The molecule has 29 heavy (non-hydrogen) atoms. The van der Waals surface area contributed by atoms with Gasteiger partial charge in [-0.2, -0.15) is 0 Å². The van der Waals surface area contributed by atoms with Crippen molar-refractivity contribution in [2.24, 2.45) is 0 Å². The van der Waals surface area contributed by atoms with Crippen LogP contribution in [0.15, 0.2) is 48.0 Å². The van der Waals surface area contributed by atoms with E-state index in [1.165, 1.54) is 15.4 Å². The third kappa shape index (κ3) is 3.54. The monoisotopic (exact) mass is 425 g/mol. The normalized spacial score (nSPS) is 16.6. The predicted molar refractivity (Wildman–Crippen MR) is 119 cm³/mol. The van der Waals surface area contributed by atoms with Crippen LogP contribution >= 0.6 is 23.8 Å². The zero-order chi connectivity index (χ0) is 20.7. The van der Waals surface area contributed by atoms with Crippen LogP contribution in [0.5, 0.6) is 0 Å². The van der Waals surface area contributed by atoms with Gasteiger partial charge >= 0.3 is 0 Å². The molecule has 7 heteroatoms. The lowest BCUT2D eigenvalue weighted by atomic mass is 10.0. The minimum absolute atomic E-state index is 0.120. The number of rotatable bonds is 3. The Bertz CT molecular complexity index is 1040. The maximum atomic E-state index is 12.5. The highest BCUT2D eigenvalue weighted by Crippen LogP contribution is 2.32. The van der Waals surface area contributed by atoms with Gasteiger partial charge in [0.1, 0.15) is 5.57 Å². The first-order valence-corrected chi connectivity index (χ1v) is 10.1. The molecule has 2 aromatic carbocycles. The quantitative estimate of drug-likeness (QED) is 0.429. The van der Waals surface area contributed by atoms with E-state index in [0.717, 1.165) is 41.3 Å². The van der Waals surface area contributed by atoms with Gasteiger partial charge in [-0.05, 0) is 59.6 Å². The SMILES string of the molecule is CN1C(=O)C(=Cc2ccc3c(c2)CCN3Cc2ccccc2Cl)C(=O)N(C)C1=S. The molecule has 2 heterocycles. The van der Waals surface area contributed by atoms with Gasteiger partial charge in [0.15, 0.2) is 5.11 Å². The minimum atomic E-state index is -0.376. The molecular formula is C22H20ClN3O2S. The smallest absolute Gasteiger partial charge is 0.265 e. The molecule has 2 aliphatic heterocycles. The Morgan fingerprint density at radius 1 is 1.07 bits per heavy atom. The van der Waals surface area contributed by atoms with Crippen molar-refractivity contribution in [2.75, 3.05) is 25.5 Å². The molecule has 4 rings (SSSR count). The van der Waals surface area contributed by atoms with Crippen LogP contribution < -0.4 is 4.90 Å². The van der Waals surface area contributed by atoms with Gasteiger partial charge in [-0.3, -0.25) is 19.4 Å². The van der Waals surface area contributed by atoms with E-state index in [0.29, 0.717) is 0 Å². The zero-order valence-corrected chi connectivity index (χ0v) is 17.8. The number of hydrogen-bond acceptors (Lipinski definition) is 4. The summed E-state index contributed by atoms with van der Waals surface area (Å²) in [4.78, 5) is 30.0. The lowest BCUT2D eigenvalue weighted by Crippen LogP contribution is -2.52. The summed E-state index contributed by atoms with van der Waals surface area (Å²) in [5.74, 6) is -0.752. The van der Waals surface area contributed by atoms with Crippen molar-refractivity contribution in [1.82, 2.24) is 9.80 Å². The lowest BCUT2D eigenvalue weighted by Gasteiger charge is -2.31. The number of carbonyl (C=O) groups is 2. The van der Waals surface area contributed by atoms with Crippen molar-refractivity contribution in [1.29, 1.82) is 0 Å². The van der Waals surface area contributed by atoms with Gasteiger partial charge in [-0.25, -0.2) is 0 Å². The molecule has 0 radical (unpaired) electrons. The molecule has 0 aromatic heterocycles. The van der Waals surface area contributed by atoms with E-state index in [-0.39, 0.29) is 22.5 Å². The second kappa shape index (κ2) is 7.61. The first kappa shape index (κ1) is 19.6. The largest absolute Gasteiger partial charge is 0.367 e. The van der Waals surface area contributed by atoms with E-state index in [4.69, 9.17) is 23.8 Å². The Hall–Kier alpha value is -2.70. The summed E-state index contributed by atoms with van der Waals surface area (Å²) in [7, 11) is 3.16. The van der Waals surface area contributed by atoms with Crippen molar-refractivity contribution in [3.05, 3.63) is 69.8 Å². The van der Waals surface area contributed by atoms with Crippen molar-refractivity contribution in [2.45, 2.75) is 13.0 Å². The van der Waals surface area contributed by atoms with Crippen LogP contribution in [0.1, 0.15) is 16.7 Å². The summed E-state index contributed by atoms with van der Waals surface area (Å²) in [5, 5.41) is 0.976. The number of hydrogen-bond donors (Lipinski definition) is 0. The zero-order valence-electron chi connectivity index (χ0n) is 16.2. The van der Waals surface area contributed by atoms with E-state index in [1.807, 2.05) is 42.5 Å². The van der Waals surface area contributed by atoms with E-state index in [2.05, 4.69) is 4.90 Å². The standard InChI is InChI=1S/C22H20ClN3O2S/c1-24-20(27)17(21(28)25(2)22(24)29)12-14-7-8-19-15(11-14)9-10-26(19)13-16-5-3-4-6-18(16)23/h3-8,11-12H,9-10,13H2,1-2H3. The Balaban J connectivity index is 1.60. The number of anilines is 1. The number of thiocarbonyl (C=S) groups is 1. The summed E-state index contributed by atoms with van der Waals surface area (Å²) in [6.07, 6.45) is 2.55. The molecule has 0 unspecified atom stereocenters. The van der Waals surface area contributed by atoms with Crippen molar-refractivity contribution >= 4 is 52.5 Å². The van der Waals surface area contributed by atoms with Crippen LogP contribution in [-0.2, 0) is 22.6 Å². The Morgan fingerprint density at radius 2 is 1.76 bits per heavy atom. The lowest BCUT2D eigenvalue weighted by molar-refractivity contribution is -0.132. The summed E-state index contributed by atoms with van der Waals surface area (Å²) in [6, 6.07) is 13.9.